The van der Waals surface area contributed by atoms with Gasteiger partial charge in [-0.05, 0) is 29.8 Å². The quantitative estimate of drug-likeness (QED) is 0.559. The lowest BCUT2D eigenvalue weighted by Crippen LogP contribution is -2.38. The topological polar surface area (TPSA) is 90.9 Å². The van der Waals surface area contributed by atoms with Gasteiger partial charge in [0.2, 0.25) is 0 Å². The van der Waals surface area contributed by atoms with Crippen molar-refractivity contribution in [3.8, 4) is 0 Å². The van der Waals surface area contributed by atoms with Crippen LogP contribution >= 0.6 is 0 Å². The predicted molar refractivity (Wildman–Crippen MR) is 110 cm³/mol. The van der Waals surface area contributed by atoms with Gasteiger partial charge in [0.25, 0.3) is 11.5 Å². The number of benzene rings is 2. The second-order valence-electron chi connectivity index (χ2n) is 6.84. The highest BCUT2D eigenvalue weighted by Crippen LogP contribution is 2.24. The third kappa shape index (κ3) is 3.20. The maximum Gasteiger partial charge on any atom is 0.332 e. The summed E-state index contributed by atoms with van der Waals surface area (Å²) in [7, 11) is 2.88. The van der Waals surface area contributed by atoms with Crippen LogP contribution in [0.5, 0.6) is 0 Å². The predicted octanol–water partition coefficient (Wildman–Crippen LogP) is 1.80. The molecular formula is C21H18FN5O3. The van der Waals surface area contributed by atoms with Crippen molar-refractivity contribution in [3.05, 3.63) is 93.1 Å². The summed E-state index contributed by atoms with van der Waals surface area (Å²) in [6.07, 6.45) is 1.37. The van der Waals surface area contributed by atoms with Gasteiger partial charge in [0.05, 0.1) is 6.33 Å². The summed E-state index contributed by atoms with van der Waals surface area (Å²) >= 11 is 0. The van der Waals surface area contributed by atoms with E-state index in [1.54, 1.807) is 24.3 Å². The van der Waals surface area contributed by atoms with Crippen LogP contribution in [-0.4, -0.2) is 24.6 Å². The van der Waals surface area contributed by atoms with Crippen LogP contribution in [0.25, 0.3) is 11.2 Å². The molecule has 4 rings (SSSR count). The Morgan fingerprint density at radius 1 is 1.00 bits per heavy atom. The first kappa shape index (κ1) is 19.3. The van der Waals surface area contributed by atoms with E-state index in [1.807, 2.05) is 6.07 Å². The minimum atomic E-state index is -0.938. The molecule has 1 amide bonds. The second kappa shape index (κ2) is 7.43. The molecule has 1 atom stereocenters. The van der Waals surface area contributed by atoms with Crippen LogP contribution in [0.3, 0.4) is 0 Å². The summed E-state index contributed by atoms with van der Waals surface area (Å²) in [4.78, 5) is 42.5. The molecule has 1 unspecified atom stereocenters. The zero-order valence-electron chi connectivity index (χ0n) is 16.2. The van der Waals surface area contributed by atoms with Crippen LogP contribution in [0.4, 0.5) is 10.1 Å². The lowest BCUT2D eigenvalue weighted by molar-refractivity contribution is -0.118. The van der Waals surface area contributed by atoms with Gasteiger partial charge in [-0.1, -0.05) is 30.3 Å². The normalized spacial score (nSPS) is 12.1. The molecule has 2 heterocycles. The molecule has 2 aromatic heterocycles. The third-order valence-electron chi connectivity index (χ3n) is 4.93. The fraction of sp³-hybridized carbons (Fsp3) is 0.143. The number of rotatable bonds is 4. The van der Waals surface area contributed by atoms with Gasteiger partial charge in [-0.15, -0.1) is 0 Å². The SMILES string of the molecule is Cn1c(=O)c2c(ncn2C(C(=O)Nc2ccc(F)cc2)c2ccccc2)n(C)c1=O. The Labute approximate surface area is 169 Å². The van der Waals surface area contributed by atoms with Crippen LogP contribution in [-0.2, 0) is 18.9 Å². The van der Waals surface area contributed by atoms with E-state index < -0.39 is 29.0 Å². The first-order valence-electron chi connectivity index (χ1n) is 9.12. The van der Waals surface area contributed by atoms with Crippen LogP contribution < -0.4 is 16.6 Å². The number of hydrogen-bond acceptors (Lipinski definition) is 4. The number of nitrogens with zero attached hydrogens (tertiary/aromatic N) is 4. The lowest BCUT2D eigenvalue weighted by Gasteiger charge is -2.19. The molecule has 0 spiro atoms. The zero-order chi connectivity index (χ0) is 21.4. The van der Waals surface area contributed by atoms with Gasteiger partial charge in [-0.3, -0.25) is 18.7 Å². The number of fused-ring (bicyclic) bond motifs is 1. The van der Waals surface area contributed by atoms with Crippen LogP contribution in [0.2, 0.25) is 0 Å². The van der Waals surface area contributed by atoms with Crippen molar-refractivity contribution in [2.45, 2.75) is 6.04 Å². The van der Waals surface area contributed by atoms with Gasteiger partial charge in [-0.2, -0.15) is 0 Å². The van der Waals surface area contributed by atoms with E-state index in [0.29, 0.717) is 11.3 Å². The van der Waals surface area contributed by atoms with Crippen molar-refractivity contribution in [1.29, 1.82) is 0 Å². The first-order valence-corrected chi connectivity index (χ1v) is 9.12. The number of carbonyl (C=O) groups excluding carboxylic acids is 1. The smallest absolute Gasteiger partial charge is 0.324 e. The van der Waals surface area contributed by atoms with Crippen LogP contribution in [0.1, 0.15) is 11.6 Å². The fourth-order valence-corrected chi connectivity index (χ4v) is 3.38. The molecule has 8 nitrogen and oxygen atoms in total. The van der Waals surface area contributed by atoms with E-state index in [4.69, 9.17) is 0 Å². The van der Waals surface area contributed by atoms with Crippen molar-refractivity contribution in [2.24, 2.45) is 14.1 Å². The number of carbonyl (C=O) groups is 1. The molecule has 2 aromatic carbocycles. The maximum absolute atomic E-state index is 13.3. The Morgan fingerprint density at radius 3 is 2.33 bits per heavy atom. The highest BCUT2D eigenvalue weighted by Gasteiger charge is 2.27. The Bertz CT molecular complexity index is 1350. The minimum Gasteiger partial charge on any atom is -0.324 e. The number of halogens is 1. The molecule has 152 valence electrons. The Kier molecular flexibility index (Phi) is 4.78. The molecule has 1 N–H and O–H groups in total. The van der Waals surface area contributed by atoms with E-state index in [0.717, 1.165) is 4.57 Å². The largest absolute Gasteiger partial charge is 0.332 e. The van der Waals surface area contributed by atoms with Crippen molar-refractivity contribution < 1.29 is 9.18 Å². The molecule has 0 bridgehead atoms. The molecule has 0 radical (unpaired) electrons. The molecule has 4 aromatic rings. The molecule has 0 saturated carbocycles. The van der Waals surface area contributed by atoms with E-state index in [9.17, 15) is 18.8 Å². The molecule has 0 saturated heterocycles. The van der Waals surface area contributed by atoms with E-state index in [2.05, 4.69) is 10.3 Å². The van der Waals surface area contributed by atoms with Crippen molar-refractivity contribution >= 4 is 22.8 Å². The van der Waals surface area contributed by atoms with Gasteiger partial charge in [0.1, 0.15) is 11.9 Å². The van der Waals surface area contributed by atoms with Gasteiger partial charge in [0.15, 0.2) is 11.2 Å². The summed E-state index contributed by atoms with van der Waals surface area (Å²) in [6.45, 7) is 0. The fourth-order valence-electron chi connectivity index (χ4n) is 3.38. The summed E-state index contributed by atoms with van der Waals surface area (Å²) in [6, 6.07) is 13.3. The number of nitrogens with one attached hydrogen (secondary N) is 1. The Hall–Kier alpha value is -4.01. The van der Waals surface area contributed by atoms with Gasteiger partial charge < -0.3 is 9.88 Å². The monoisotopic (exact) mass is 407 g/mol. The van der Waals surface area contributed by atoms with Gasteiger partial charge in [0, 0.05) is 19.8 Å². The molecular weight excluding hydrogens is 389 g/mol. The van der Waals surface area contributed by atoms with Crippen molar-refractivity contribution in [2.75, 3.05) is 5.32 Å². The van der Waals surface area contributed by atoms with Crippen LogP contribution in [0.15, 0.2) is 70.5 Å². The number of aromatic nitrogens is 4. The highest BCUT2D eigenvalue weighted by atomic mass is 19.1. The molecule has 9 heteroatoms. The number of anilines is 1. The number of aryl methyl sites for hydroxylation is 1. The minimum absolute atomic E-state index is 0.128. The number of amides is 1. The van der Waals surface area contributed by atoms with Gasteiger partial charge >= 0.3 is 5.69 Å². The van der Waals surface area contributed by atoms with Crippen LogP contribution in [0, 0.1) is 5.82 Å². The van der Waals surface area contributed by atoms with Crippen molar-refractivity contribution in [3.63, 3.8) is 0 Å². The lowest BCUT2D eigenvalue weighted by atomic mass is 10.1. The summed E-state index contributed by atoms with van der Waals surface area (Å²) < 4.78 is 16.9. The standard InChI is InChI=1S/C21H18FN5O3/c1-25-18-17(20(29)26(2)21(25)30)27(12-23-18)16(13-6-4-3-5-7-13)19(28)24-15-10-8-14(22)9-11-15/h3-12,16H,1-2H3,(H,24,28). The Balaban J connectivity index is 1.89. The maximum atomic E-state index is 13.3. The zero-order valence-corrected chi connectivity index (χ0v) is 16.2. The Morgan fingerprint density at radius 2 is 1.67 bits per heavy atom. The third-order valence-corrected chi connectivity index (χ3v) is 4.93. The van der Waals surface area contributed by atoms with E-state index >= 15 is 0 Å². The summed E-state index contributed by atoms with van der Waals surface area (Å²) in [5, 5.41) is 2.75. The molecule has 0 aliphatic carbocycles. The highest BCUT2D eigenvalue weighted by molar-refractivity contribution is 5.96. The van der Waals surface area contributed by atoms with E-state index in [-0.39, 0.29) is 11.2 Å². The van der Waals surface area contributed by atoms with Gasteiger partial charge in [-0.25, -0.2) is 14.2 Å². The second-order valence-corrected chi connectivity index (χ2v) is 6.84. The summed E-state index contributed by atoms with van der Waals surface area (Å²) in [5.41, 5.74) is 0.270. The average Bonchev–Trinajstić information content (AvgIpc) is 3.18. The van der Waals surface area contributed by atoms with Crippen molar-refractivity contribution in [1.82, 2.24) is 18.7 Å². The molecule has 0 fully saturated rings. The number of imidazole rings is 1. The number of hydrogen-bond donors (Lipinski definition) is 1. The van der Waals surface area contributed by atoms with E-state index in [1.165, 1.54) is 53.8 Å². The first-order chi connectivity index (χ1) is 14.4. The molecule has 0 aliphatic heterocycles. The average molecular weight is 407 g/mol. The molecule has 0 aliphatic rings. The molecule has 30 heavy (non-hydrogen) atoms. The summed E-state index contributed by atoms with van der Waals surface area (Å²) in [5.74, 6) is -0.861.